The molecule has 0 N–H and O–H groups in total. The van der Waals surface area contributed by atoms with Crippen LogP contribution in [0.2, 0.25) is 0 Å². The molecule has 104 valence electrons. The molecule has 0 aliphatic heterocycles. The first-order chi connectivity index (χ1) is 8.54. The van der Waals surface area contributed by atoms with Gasteiger partial charge in [-0.15, -0.1) is 0 Å². The van der Waals surface area contributed by atoms with Gasteiger partial charge in [-0.2, -0.15) is 13.2 Å². The molecule has 1 rings (SSSR count). The molecule has 0 fully saturated rings. The van der Waals surface area contributed by atoms with Gasteiger partial charge in [-0.05, 0) is 32.9 Å². The Morgan fingerprint density at radius 2 is 1.79 bits per heavy atom. The topological polar surface area (TPSA) is 43.4 Å². The van der Waals surface area contributed by atoms with E-state index >= 15 is 0 Å². The SMILES string of the molecule is CC(C)(C)OC(=O)c1ccc(C=O)cc1C(F)(F)F. The van der Waals surface area contributed by atoms with Crippen molar-refractivity contribution >= 4 is 12.3 Å². The third-order valence-corrected chi connectivity index (χ3v) is 2.10. The maximum absolute atomic E-state index is 12.8. The average molecular weight is 274 g/mol. The molecule has 0 radical (unpaired) electrons. The number of rotatable bonds is 2. The highest BCUT2D eigenvalue weighted by atomic mass is 19.4. The summed E-state index contributed by atoms with van der Waals surface area (Å²) in [7, 11) is 0. The van der Waals surface area contributed by atoms with Crippen molar-refractivity contribution in [3.05, 3.63) is 34.9 Å². The Bertz CT molecular complexity index is 499. The molecule has 0 bridgehead atoms. The van der Waals surface area contributed by atoms with E-state index in [9.17, 15) is 22.8 Å². The Balaban J connectivity index is 3.27. The van der Waals surface area contributed by atoms with Crippen molar-refractivity contribution in [2.24, 2.45) is 0 Å². The number of carbonyl (C=O) groups is 2. The normalized spacial score (nSPS) is 12.1. The Labute approximate surface area is 108 Å². The number of ether oxygens (including phenoxy) is 1. The molecule has 1 aromatic rings. The molecule has 6 heteroatoms. The molecule has 0 spiro atoms. The zero-order chi connectivity index (χ0) is 14.8. The first-order valence-electron chi connectivity index (χ1n) is 5.44. The number of aldehydes is 1. The summed E-state index contributed by atoms with van der Waals surface area (Å²) in [5.74, 6) is -1.07. The molecule has 0 aliphatic rings. The van der Waals surface area contributed by atoms with Crippen LogP contribution in [-0.4, -0.2) is 17.9 Å². The number of benzene rings is 1. The number of esters is 1. The highest BCUT2D eigenvalue weighted by Crippen LogP contribution is 2.33. The lowest BCUT2D eigenvalue weighted by atomic mass is 10.0. The van der Waals surface area contributed by atoms with Crippen LogP contribution in [0.5, 0.6) is 0 Å². The van der Waals surface area contributed by atoms with Crippen LogP contribution in [0.1, 0.15) is 47.1 Å². The lowest BCUT2D eigenvalue weighted by molar-refractivity contribution is -0.138. The minimum absolute atomic E-state index is 0.153. The van der Waals surface area contributed by atoms with Crippen LogP contribution in [0.4, 0.5) is 13.2 Å². The van der Waals surface area contributed by atoms with Crippen LogP contribution < -0.4 is 0 Å². The van der Waals surface area contributed by atoms with Gasteiger partial charge in [-0.25, -0.2) is 4.79 Å². The minimum Gasteiger partial charge on any atom is -0.456 e. The van der Waals surface area contributed by atoms with Crippen LogP contribution in [0.25, 0.3) is 0 Å². The molecule has 0 heterocycles. The fourth-order valence-electron chi connectivity index (χ4n) is 1.38. The van der Waals surface area contributed by atoms with E-state index in [-0.39, 0.29) is 11.8 Å². The number of hydrogen-bond donors (Lipinski definition) is 0. The van der Waals surface area contributed by atoms with Crippen molar-refractivity contribution in [3.63, 3.8) is 0 Å². The van der Waals surface area contributed by atoms with Crippen LogP contribution in [0, 0.1) is 0 Å². The molecule has 1 aromatic carbocycles. The third-order valence-electron chi connectivity index (χ3n) is 2.10. The van der Waals surface area contributed by atoms with Crippen LogP contribution in [-0.2, 0) is 10.9 Å². The van der Waals surface area contributed by atoms with E-state index < -0.39 is 28.9 Å². The van der Waals surface area contributed by atoms with Crippen LogP contribution in [0.15, 0.2) is 18.2 Å². The molecule has 3 nitrogen and oxygen atoms in total. The van der Waals surface area contributed by atoms with Gasteiger partial charge in [-0.3, -0.25) is 4.79 Å². The van der Waals surface area contributed by atoms with Gasteiger partial charge in [0.25, 0.3) is 0 Å². The van der Waals surface area contributed by atoms with Gasteiger partial charge in [0, 0.05) is 5.56 Å². The van der Waals surface area contributed by atoms with Crippen molar-refractivity contribution in [1.82, 2.24) is 0 Å². The van der Waals surface area contributed by atoms with Crippen molar-refractivity contribution in [2.45, 2.75) is 32.5 Å². The van der Waals surface area contributed by atoms with E-state index in [1.807, 2.05) is 0 Å². The zero-order valence-electron chi connectivity index (χ0n) is 10.7. The summed E-state index contributed by atoms with van der Waals surface area (Å²) in [6.45, 7) is 4.66. The van der Waals surface area contributed by atoms with Gasteiger partial charge in [0.2, 0.25) is 0 Å². The van der Waals surface area contributed by atoms with E-state index in [2.05, 4.69) is 0 Å². The van der Waals surface area contributed by atoms with Gasteiger partial charge in [0.05, 0.1) is 11.1 Å². The van der Waals surface area contributed by atoms with Crippen molar-refractivity contribution in [2.75, 3.05) is 0 Å². The second-order valence-electron chi connectivity index (χ2n) is 4.92. The highest BCUT2D eigenvalue weighted by Gasteiger charge is 2.36. The summed E-state index contributed by atoms with van der Waals surface area (Å²) in [5.41, 5.74) is -2.83. The quantitative estimate of drug-likeness (QED) is 0.612. The van der Waals surface area contributed by atoms with Crippen LogP contribution >= 0.6 is 0 Å². The summed E-state index contributed by atoms with van der Waals surface area (Å²) in [6, 6.07) is 2.72. The Morgan fingerprint density at radius 3 is 2.21 bits per heavy atom. The maximum Gasteiger partial charge on any atom is 0.417 e. The first-order valence-corrected chi connectivity index (χ1v) is 5.44. The fourth-order valence-corrected chi connectivity index (χ4v) is 1.38. The van der Waals surface area contributed by atoms with E-state index in [0.717, 1.165) is 12.1 Å². The lowest BCUT2D eigenvalue weighted by Crippen LogP contribution is -2.25. The zero-order valence-corrected chi connectivity index (χ0v) is 10.7. The second kappa shape index (κ2) is 5.03. The number of hydrogen-bond acceptors (Lipinski definition) is 3. The van der Waals surface area contributed by atoms with Gasteiger partial charge < -0.3 is 4.74 Å². The van der Waals surface area contributed by atoms with Crippen LogP contribution in [0.3, 0.4) is 0 Å². The van der Waals surface area contributed by atoms with Crippen molar-refractivity contribution < 1.29 is 27.5 Å². The van der Waals surface area contributed by atoms with Gasteiger partial charge in [-0.1, -0.05) is 6.07 Å². The largest absolute Gasteiger partial charge is 0.456 e. The number of carbonyl (C=O) groups excluding carboxylic acids is 2. The molecular weight excluding hydrogens is 261 g/mol. The van der Waals surface area contributed by atoms with Gasteiger partial charge in [0.1, 0.15) is 11.9 Å². The standard InChI is InChI=1S/C13H13F3O3/c1-12(2,3)19-11(18)9-5-4-8(7-17)6-10(9)13(14,15)16/h4-7H,1-3H3. The molecule has 19 heavy (non-hydrogen) atoms. The lowest BCUT2D eigenvalue weighted by Gasteiger charge is -2.21. The average Bonchev–Trinajstić information content (AvgIpc) is 2.24. The predicted octanol–water partition coefficient (Wildman–Crippen LogP) is 3.47. The number of alkyl halides is 3. The Hall–Kier alpha value is -1.85. The summed E-state index contributed by atoms with van der Waals surface area (Å²) in [5, 5.41) is 0. The Kier molecular flexibility index (Phi) is 4.03. The summed E-state index contributed by atoms with van der Waals surface area (Å²) in [4.78, 5) is 22.2. The molecule has 0 aromatic heterocycles. The highest BCUT2D eigenvalue weighted by molar-refractivity contribution is 5.92. The third kappa shape index (κ3) is 4.08. The maximum atomic E-state index is 12.8. The smallest absolute Gasteiger partial charge is 0.417 e. The molecule has 0 saturated heterocycles. The van der Waals surface area contributed by atoms with Gasteiger partial charge >= 0.3 is 12.1 Å². The van der Waals surface area contributed by atoms with Crippen molar-refractivity contribution in [3.8, 4) is 0 Å². The molecule has 0 unspecified atom stereocenters. The fraction of sp³-hybridized carbons (Fsp3) is 0.385. The van der Waals surface area contributed by atoms with E-state index in [0.29, 0.717) is 6.07 Å². The number of halogens is 3. The predicted molar refractivity (Wildman–Crippen MR) is 62.0 cm³/mol. The molecular formula is C13H13F3O3. The van der Waals surface area contributed by atoms with E-state index in [4.69, 9.17) is 4.74 Å². The molecule has 0 atom stereocenters. The first kappa shape index (κ1) is 15.2. The summed E-state index contributed by atoms with van der Waals surface area (Å²) < 4.78 is 43.4. The molecule has 0 amide bonds. The molecule has 0 saturated carbocycles. The van der Waals surface area contributed by atoms with Crippen molar-refractivity contribution in [1.29, 1.82) is 0 Å². The van der Waals surface area contributed by atoms with E-state index in [1.165, 1.54) is 0 Å². The summed E-state index contributed by atoms with van der Waals surface area (Å²) >= 11 is 0. The molecule has 0 aliphatic carbocycles. The van der Waals surface area contributed by atoms with E-state index in [1.54, 1.807) is 20.8 Å². The minimum atomic E-state index is -4.73. The van der Waals surface area contributed by atoms with Gasteiger partial charge in [0.15, 0.2) is 0 Å². The summed E-state index contributed by atoms with van der Waals surface area (Å²) in [6.07, 6.45) is -4.45. The second-order valence-corrected chi connectivity index (χ2v) is 4.92. The Morgan fingerprint density at radius 1 is 1.21 bits per heavy atom. The monoisotopic (exact) mass is 274 g/mol.